The van der Waals surface area contributed by atoms with E-state index in [9.17, 15) is 9.90 Å². The Morgan fingerprint density at radius 1 is 1.67 bits per heavy atom. The largest absolute Gasteiger partial charge is 0.507 e. The first-order valence-corrected chi connectivity index (χ1v) is 4.68. The molecule has 0 heterocycles. The van der Waals surface area contributed by atoms with Crippen molar-refractivity contribution in [3.63, 3.8) is 0 Å². The molecule has 0 bridgehead atoms. The molecule has 0 saturated heterocycles. The molecular weight excluding hydrogens is 214 g/mol. The lowest BCUT2D eigenvalue weighted by Gasteiger charge is -2.06. The molecule has 0 amide bonds. The van der Waals surface area contributed by atoms with Crippen molar-refractivity contribution < 1.29 is 14.6 Å². The van der Waals surface area contributed by atoms with E-state index < -0.39 is 5.97 Å². The lowest BCUT2D eigenvalue weighted by molar-refractivity contribution is 0.0522. The second-order valence-electron chi connectivity index (χ2n) is 2.72. The molecule has 78 valence electrons. The lowest BCUT2D eigenvalue weighted by atomic mass is 10.1. The van der Waals surface area contributed by atoms with Gasteiger partial charge in [-0.15, -0.1) is 12.6 Å². The smallest absolute Gasteiger partial charge is 0.339 e. The number of esters is 1. The number of phenolic OH excluding ortho intramolecular Hbond substituents is 1. The average Bonchev–Trinajstić information content (AvgIpc) is 2.18. The van der Waals surface area contributed by atoms with Crippen LogP contribution < -0.4 is 0 Å². The fourth-order valence-corrected chi connectivity index (χ4v) is 1.32. The van der Waals surface area contributed by atoms with Crippen LogP contribution >= 0.6 is 12.6 Å². The maximum absolute atomic E-state index is 11.4. The van der Waals surface area contributed by atoms with Gasteiger partial charge in [-0.25, -0.2) is 4.79 Å². The molecule has 1 N–H and O–H groups in total. The molecule has 0 atom stereocenters. The molecule has 5 heteroatoms. The Morgan fingerprint density at radius 3 is 2.87 bits per heavy atom. The number of rotatable bonds is 2. The minimum atomic E-state index is -0.556. The monoisotopic (exact) mass is 223 g/mol. The summed E-state index contributed by atoms with van der Waals surface area (Å²) in [7, 11) is 0. The van der Waals surface area contributed by atoms with Crippen LogP contribution in [0.25, 0.3) is 0 Å². The van der Waals surface area contributed by atoms with E-state index >= 15 is 0 Å². The molecule has 15 heavy (non-hydrogen) atoms. The van der Waals surface area contributed by atoms with E-state index in [1.54, 1.807) is 13.0 Å². The third kappa shape index (κ3) is 2.42. The molecule has 0 radical (unpaired) electrons. The number of phenols is 1. The first-order chi connectivity index (χ1) is 7.10. The first-order valence-electron chi connectivity index (χ1n) is 4.23. The topological polar surface area (TPSA) is 70.3 Å². The number of aromatic hydroxyl groups is 1. The van der Waals surface area contributed by atoms with Gasteiger partial charge in [0, 0.05) is 4.90 Å². The van der Waals surface area contributed by atoms with Crippen LogP contribution in [0, 0.1) is 11.3 Å². The summed E-state index contributed by atoms with van der Waals surface area (Å²) in [5, 5.41) is 18.0. The van der Waals surface area contributed by atoms with Gasteiger partial charge in [-0.1, -0.05) is 0 Å². The summed E-state index contributed by atoms with van der Waals surface area (Å²) in [5.41, 5.74) is 0.199. The van der Waals surface area contributed by atoms with Crippen LogP contribution in [0.4, 0.5) is 0 Å². The van der Waals surface area contributed by atoms with Gasteiger partial charge in [0.25, 0.3) is 0 Å². The fourth-order valence-electron chi connectivity index (χ4n) is 1.04. The third-order valence-corrected chi connectivity index (χ3v) is 2.10. The van der Waals surface area contributed by atoms with Crippen LogP contribution in [0.1, 0.15) is 22.8 Å². The van der Waals surface area contributed by atoms with E-state index in [1.807, 2.05) is 0 Å². The summed E-state index contributed by atoms with van der Waals surface area (Å²) in [5.74, 6) is -0.755. The molecule has 0 saturated carbocycles. The van der Waals surface area contributed by atoms with Crippen molar-refractivity contribution in [2.24, 2.45) is 0 Å². The van der Waals surface area contributed by atoms with Crippen molar-refractivity contribution in [3.8, 4) is 11.8 Å². The van der Waals surface area contributed by atoms with Crippen molar-refractivity contribution in [1.29, 1.82) is 5.26 Å². The van der Waals surface area contributed by atoms with Crippen molar-refractivity contribution >= 4 is 18.6 Å². The van der Waals surface area contributed by atoms with E-state index in [-0.39, 0.29) is 28.4 Å². The van der Waals surface area contributed by atoms with E-state index in [0.717, 1.165) is 0 Å². The average molecular weight is 223 g/mol. The highest BCUT2D eigenvalue weighted by Gasteiger charge is 2.14. The quantitative estimate of drug-likeness (QED) is 0.591. The van der Waals surface area contributed by atoms with E-state index in [2.05, 4.69) is 12.6 Å². The Balaban J connectivity index is 3.20. The summed E-state index contributed by atoms with van der Waals surface area (Å²) in [6.07, 6.45) is 0. The van der Waals surface area contributed by atoms with Gasteiger partial charge < -0.3 is 9.84 Å². The number of nitriles is 1. The van der Waals surface area contributed by atoms with Gasteiger partial charge in [0.1, 0.15) is 11.8 Å². The molecule has 0 fully saturated rings. The summed E-state index contributed by atoms with van der Waals surface area (Å²) in [4.78, 5) is 11.7. The van der Waals surface area contributed by atoms with E-state index in [4.69, 9.17) is 10.00 Å². The van der Waals surface area contributed by atoms with Gasteiger partial charge in [-0.3, -0.25) is 0 Å². The van der Waals surface area contributed by atoms with Crippen LogP contribution in [-0.2, 0) is 4.74 Å². The molecule has 0 aromatic heterocycles. The highest BCUT2D eigenvalue weighted by Crippen LogP contribution is 2.25. The maximum atomic E-state index is 11.4. The number of carbonyl (C=O) groups is 1. The van der Waals surface area contributed by atoms with Gasteiger partial charge in [0.15, 0.2) is 0 Å². The summed E-state index contributed by atoms with van der Waals surface area (Å²) in [6.45, 7) is 1.93. The molecule has 0 unspecified atom stereocenters. The number of ether oxygens (including phenoxy) is 1. The van der Waals surface area contributed by atoms with Crippen LogP contribution in [0.5, 0.6) is 5.75 Å². The molecular formula is C10H9NO3S. The highest BCUT2D eigenvalue weighted by molar-refractivity contribution is 7.80. The number of hydrogen-bond acceptors (Lipinski definition) is 5. The molecule has 1 aromatic rings. The minimum Gasteiger partial charge on any atom is -0.507 e. The van der Waals surface area contributed by atoms with E-state index in [1.165, 1.54) is 12.1 Å². The van der Waals surface area contributed by atoms with Crippen molar-refractivity contribution in [2.75, 3.05) is 6.61 Å². The molecule has 1 aromatic carbocycles. The fraction of sp³-hybridized carbons (Fsp3) is 0.200. The van der Waals surface area contributed by atoms with Crippen LogP contribution in [0.15, 0.2) is 17.0 Å². The summed E-state index contributed by atoms with van der Waals surface area (Å²) >= 11 is 4.02. The van der Waals surface area contributed by atoms with Gasteiger partial charge in [0.2, 0.25) is 0 Å². The molecule has 0 aliphatic carbocycles. The van der Waals surface area contributed by atoms with Gasteiger partial charge >= 0.3 is 5.97 Å². The third-order valence-electron chi connectivity index (χ3n) is 1.73. The summed E-state index contributed by atoms with van der Waals surface area (Å²) < 4.78 is 4.77. The van der Waals surface area contributed by atoms with Gasteiger partial charge in [0.05, 0.1) is 17.7 Å². The van der Waals surface area contributed by atoms with E-state index in [0.29, 0.717) is 0 Å². The Kier molecular flexibility index (Phi) is 3.58. The molecule has 4 nitrogen and oxygen atoms in total. The van der Waals surface area contributed by atoms with Gasteiger partial charge in [-0.05, 0) is 19.1 Å². The summed E-state index contributed by atoms with van der Waals surface area (Å²) in [6, 6.07) is 4.27. The SMILES string of the molecule is CCOC(=O)c1cc(C#N)c(O)cc1S. The zero-order valence-electron chi connectivity index (χ0n) is 8.02. The number of carbonyl (C=O) groups excluding carboxylic acids is 1. The Morgan fingerprint density at radius 2 is 2.33 bits per heavy atom. The standard InChI is InChI=1S/C10H9NO3S/c1-2-14-10(13)7-3-6(5-11)8(12)4-9(7)15/h3-4,12,15H,2H2,1H3. The zero-order valence-corrected chi connectivity index (χ0v) is 8.91. The number of hydrogen-bond donors (Lipinski definition) is 2. The van der Waals surface area contributed by atoms with Crippen LogP contribution in [0.3, 0.4) is 0 Å². The zero-order chi connectivity index (χ0) is 11.4. The Hall–Kier alpha value is -1.67. The lowest BCUT2D eigenvalue weighted by Crippen LogP contribution is -2.06. The number of nitrogens with zero attached hydrogens (tertiary/aromatic N) is 1. The number of thiol groups is 1. The minimum absolute atomic E-state index is 0.0239. The Bertz CT molecular complexity index is 437. The van der Waals surface area contributed by atoms with Crippen LogP contribution in [-0.4, -0.2) is 17.7 Å². The molecule has 0 aliphatic rings. The normalized spacial score (nSPS) is 9.40. The second kappa shape index (κ2) is 4.71. The molecule has 0 aliphatic heterocycles. The molecule has 1 rings (SSSR count). The maximum Gasteiger partial charge on any atom is 0.339 e. The predicted molar refractivity (Wildman–Crippen MR) is 56.0 cm³/mol. The van der Waals surface area contributed by atoms with Gasteiger partial charge in [-0.2, -0.15) is 5.26 Å². The highest BCUT2D eigenvalue weighted by atomic mass is 32.1. The van der Waals surface area contributed by atoms with Crippen molar-refractivity contribution in [3.05, 3.63) is 23.3 Å². The molecule has 0 spiro atoms. The van der Waals surface area contributed by atoms with Crippen molar-refractivity contribution in [1.82, 2.24) is 0 Å². The first kappa shape index (κ1) is 11.4. The Labute approximate surface area is 92.5 Å². The number of benzene rings is 1. The van der Waals surface area contributed by atoms with Crippen LogP contribution in [0.2, 0.25) is 0 Å². The second-order valence-corrected chi connectivity index (χ2v) is 3.20. The predicted octanol–water partition coefficient (Wildman–Crippen LogP) is 1.73. The van der Waals surface area contributed by atoms with Crippen molar-refractivity contribution in [2.45, 2.75) is 11.8 Å².